The van der Waals surface area contributed by atoms with Gasteiger partial charge in [-0.05, 0) is 12.1 Å². The summed E-state index contributed by atoms with van der Waals surface area (Å²) in [4.78, 5) is 24.6. The van der Waals surface area contributed by atoms with E-state index >= 15 is 0 Å². The van der Waals surface area contributed by atoms with Crippen LogP contribution in [0.5, 0.6) is 5.75 Å². The summed E-state index contributed by atoms with van der Waals surface area (Å²) in [5.74, 6) is 1.56. The molecule has 0 saturated heterocycles. The van der Waals surface area contributed by atoms with Crippen molar-refractivity contribution >= 4 is 17.0 Å². The van der Waals surface area contributed by atoms with E-state index in [-0.39, 0.29) is 12.5 Å². The number of hydrogen-bond donors (Lipinski definition) is 1. The monoisotopic (exact) mass is 312 g/mol. The van der Waals surface area contributed by atoms with E-state index in [1.54, 1.807) is 25.3 Å². The van der Waals surface area contributed by atoms with Crippen LogP contribution in [0, 0.1) is 0 Å². The molecular formula is C16H16N4O3. The number of carbonyl (C=O) groups is 1. The molecule has 0 fully saturated rings. The van der Waals surface area contributed by atoms with Gasteiger partial charge in [-0.25, -0.2) is 15.0 Å². The highest BCUT2D eigenvalue weighted by Gasteiger charge is 2.10. The summed E-state index contributed by atoms with van der Waals surface area (Å²) in [6.45, 7) is 2.14. The molecule has 3 rings (SSSR count). The molecule has 0 bridgehead atoms. The first-order valence-electron chi connectivity index (χ1n) is 7.22. The first-order chi connectivity index (χ1) is 11.2. The van der Waals surface area contributed by atoms with Crippen molar-refractivity contribution in [3.8, 4) is 5.75 Å². The van der Waals surface area contributed by atoms with Crippen molar-refractivity contribution in [2.75, 3.05) is 7.11 Å². The molecule has 23 heavy (non-hydrogen) atoms. The Labute approximate surface area is 132 Å². The molecule has 7 heteroatoms. The Morgan fingerprint density at radius 1 is 1.30 bits per heavy atom. The van der Waals surface area contributed by atoms with Gasteiger partial charge in [0, 0.05) is 24.9 Å². The van der Waals surface area contributed by atoms with Crippen LogP contribution in [0.4, 0.5) is 0 Å². The Balaban J connectivity index is 1.68. The maximum atomic E-state index is 12.1. The molecule has 0 aliphatic rings. The normalized spacial score (nSPS) is 10.7. The molecule has 3 aromatic rings. The third-order valence-corrected chi connectivity index (χ3v) is 3.32. The number of ether oxygens (including phenoxy) is 1. The van der Waals surface area contributed by atoms with E-state index in [0.717, 1.165) is 6.42 Å². The largest absolute Gasteiger partial charge is 0.497 e. The fraction of sp³-hybridized carbons (Fsp3) is 0.250. The third-order valence-electron chi connectivity index (χ3n) is 3.32. The van der Waals surface area contributed by atoms with E-state index in [1.807, 2.05) is 6.92 Å². The van der Waals surface area contributed by atoms with Crippen LogP contribution in [0.2, 0.25) is 0 Å². The lowest BCUT2D eigenvalue weighted by Crippen LogP contribution is -2.23. The van der Waals surface area contributed by atoms with Crippen molar-refractivity contribution in [3.05, 3.63) is 47.9 Å². The second-order valence-corrected chi connectivity index (χ2v) is 4.87. The number of oxazole rings is 1. The summed E-state index contributed by atoms with van der Waals surface area (Å²) < 4.78 is 10.7. The number of methoxy groups -OCH3 is 1. The SMILES string of the molecule is CCc1ncc(C(=O)NCc2nc3cc(OC)ccc3o2)cn1. The highest BCUT2D eigenvalue weighted by atomic mass is 16.5. The molecule has 0 unspecified atom stereocenters. The van der Waals surface area contributed by atoms with E-state index in [2.05, 4.69) is 20.3 Å². The second-order valence-electron chi connectivity index (χ2n) is 4.87. The van der Waals surface area contributed by atoms with E-state index in [9.17, 15) is 4.79 Å². The lowest BCUT2D eigenvalue weighted by molar-refractivity contribution is 0.0946. The predicted molar refractivity (Wildman–Crippen MR) is 83.1 cm³/mol. The Morgan fingerprint density at radius 2 is 2.09 bits per heavy atom. The summed E-state index contributed by atoms with van der Waals surface area (Å²) in [6, 6.07) is 5.35. The quantitative estimate of drug-likeness (QED) is 0.776. The standard InChI is InChI=1S/C16H16N4O3/c1-3-14-17-7-10(8-18-14)16(21)19-9-15-20-12-6-11(22-2)4-5-13(12)23-15/h4-8H,3,9H2,1-2H3,(H,19,21). The molecule has 0 aliphatic heterocycles. The molecule has 0 saturated carbocycles. The van der Waals surface area contributed by atoms with Gasteiger partial charge in [0.05, 0.1) is 19.2 Å². The van der Waals surface area contributed by atoms with Crippen molar-refractivity contribution in [1.82, 2.24) is 20.3 Å². The van der Waals surface area contributed by atoms with Crippen LogP contribution in [-0.4, -0.2) is 28.0 Å². The van der Waals surface area contributed by atoms with Crippen molar-refractivity contribution in [2.45, 2.75) is 19.9 Å². The van der Waals surface area contributed by atoms with Crippen molar-refractivity contribution in [3.63, 3.8) is 0 Å². The van der Waals surface area contributed by atoms with Gasteiger partial charge in [0.2, 0.25) is 5.89 Å². The lowest BCUT2D eigenvalue weighted by atomic mass is 10.3. The molecule has 2 aromatic heterocycles. The number of aryl methyl sites for hydroxylation is 1. The van der Waals surface area contributed by atoms with E-state index < -0.39 is 0 Å². The van der Waals surface area contributed by atoms with Crippen LogP contribution in [0.25, 0.3) is 11.1 Å². The molecule has 0 atom stereocenters. The average molecular weight is 312 g/mol. The van der Waals surface area contributed by atoms with Gasteiger partial charge in [0.15, 0.2) is 5.58 Å². The predicted octanol–water partition coefficient (Wildman–Crippen LogP) is 2.12. The number of nitrogens with zero attached hydrogens (tertiary/aromatic N) is 3. The van der Waals surface area contributed by atoms with E-state index in [4.69, 9.17) is 9.15 Å². The number of rotatable bonds is 5. The van der Waals surface area contributed by atoms with Crippen LogP contribution in [0.3, 0.4) is 0 Å². The van der Waals surface area contributed by atoms with Crippen LogP contribution in [0.15, 0.2) is 35.0 Å². The lowest BCUT2D eigenvalue weighted by Gasteiger charge is -2.02. The minimum atomic E-state index is -0.271. The summed E-state index contributed by atoms with van der Waals surface area (Å²) in [6.07, 6.45) is 3.75. The molecule has 0 aliphatic carbocycles. The first-order valence-corrected chi connectivity index (χ1v) is 7.22. The molecule has 7 nitrogen and oxygen atoms in total. The molecule has 118 valence electrons. The van der Waals surface area contributed by atoms with Gasteiger partial charge < -0.3 is 14.5 Å². The summed E-state index contributed by atoms with van der Waals surface area (Å²) in [5.41, 5.74) is 1.73. The zero-order valence-corrected chi connectivity index (χ0v) is 12.9. The molecule has 1 amide bonds. The van der Waals surface area contributed by atoms with Crippen molar-refractivity contribution in [2.24, 2.45) is 0 Å². The number of fused-ring (bicyclic) bond motifs is 1. The topological polar surface area (TPSA) is 90.1 Å². The van der Waals surface area contributed by atoms with Crippen molar-refractivity contribution in [1.29, 1.82) is 0 Å². The molecule has 1 aromatic carbocycles. The Kier molecular flexibility index (Phi) is 4.18. The van der Waals surface area contributed by atoms with Gasteiger partial charge in [-0.15, -0.1) is 0 Å². The van der Waals surface area contributed by atoms with Crippen LogP contribution in [0.1, 0.15) is 29.0 Å². The van der Waals surface area contributed by atoms with Gasteiger partial charge in [-0.2, -0.15) is 0 Å². The van der Waals surface area contributed by atoms with Gasteiger partial charge in [-0.3, -0.25) is 4.79 Å². The molecule has 0 radical (unpaired) electrons. The highest BCUT2D eigenvalue weighted by Crippen LogP contribution is 2.21. The maximum Gasteiger partial charge on any atom is 0.254 e. The number of aromatic nitrogens is 3. The Hall–Kier alpha value is -2.96. The fourth-order valence-corrected chi connectivity index (χ4v) is 2.07. The smallest absolute Gasteiger partial charge is 0.254 e. The van der Waals surface area contributed by atoms with E-state index in [0.29, 0.717) is 34.1 Å². The summed E-state index contributed by atoms with van der Waals surface area (Å²) in [7, 11) is 1.59. The maximum absolute atomic E-state index is 12.1. The van der Waals surface area contributed by atoms with Gasteiger partial charge in [-0.1, -0.05) is 6.92 Å². The van der Waals surface area contributed by atoms with Gasteiger partial charge >= 0.3 is 0 Å². The summed E-state index contributed by atoms with van der Waals surface area (Å²) >= 11 is 0. The Morgan fingerprint density at radius 3 is 2.78 bits per heavy atom. The second kappa shape index (κ2) is 6.43. The zero-order chi connectivity index (χ0) is 16.2. The van der Waals surface area contributed by atoms with Gasteiger partial charge in [0.1, 0.15) is 17.1 Å². The first kappa shape index (κ1) is 15.0. The third kappa shape index (κ3) is 3.28. The number of carbonyl (C=O) groups excluding carboxylic acids is 1. The zero-order valence-electron chi connectivity index (χ0n) is 12.9. The van der Waals surface area contributed by atoms with Crippen LogP contribution >= 0.6 is 0 Å². The van der Waals surface area contributed by atoms with E-state index in [1.165, 1.54) is 12.4 Å². The number of nitrogens with one attached hydrogen (secondary N) is 1. The fourth-order valence-electron chi connectivity index (χ4n) is 2.07. The molecular weight excluding hydrogens is 296 g/mol. The number of amides is 1. The molecule has 2 heterocycles. The van der Waals surface area contributed by atoms with Gasteiger partial charge in [0.25, 0.3) is 5.91 Å². The molecule has 0 spiro atoms. The average Bonchev–Trinajstić information content (AvgIpc) is 3.01. The van der Waals surface area contributed by atoms with Crippen molar-refractivity contribution < 1.29 is 13.9 Å². The van der Waals surface area contributed by atoms with Crippen LogP contribution < -0.4 is 10.1 Å². The number of hydrogen-bond acceptors (Lipinski definition) is 6. The number of benzene rings is 1. The Bertz CT molecular complexity index is 827. The minimum absolute atomic E-state index is 0.186. The molecule has 1 N–H and O–H groups in total. The minimum Gasteiger partial charge on any atom is -0.497 e. The highest BCUT2D eigenvalue weighted by molar-refractivity contribution is 5.93. The van der Waals surface area contributed by atoms with Crippen LogP contribution in [-0.2, 0) is 13.0 Å². The summed E-state index contributed by atoms with van der Waals surface area (Å²) in [5, 5.41) is 2.74.